The first-order valence-electron chi connectivity index (χ1n) is 23.2. The van der Waals surface area contributed by atoms with E-state index in [0.717, 1.165) is 88.3 Å². The second-order valence-corrected chi connectivity index (χ2v) is 18.3. The summed E-state index contributed by atoms with van der Waals surface area (Å²) in [7, 11) is 0. The molecule has 2 aliphatic rings. The van der Waals surface area contributed by atoms with Gasteiger partial charge in [-0.1, -0.05) is 103 Å². The number of para-hydroxylation sites is 2. The van der Waals surface area contributed by atoms with Crippen molar-refractivity contribution in [2.45, 2.75) is 20.0 Å². The van der Waals surface area contributed by atoms with Crippen LogP contribution in [0.25, 0.3) is 98.7 Å². The van der Waals surface area contributed by atoms with E-state index >= 15 is 0 Å². The SMILES string of the molecule is Cc1cc(C#N)ccc1-c1cc2c3cc4c(cc3c(-c3ccc(C#N)cc3C)cc2c2ccc(C#N)cc12)-c1cccc2c(-c3ccc(N5c6ccccc6NC5c5ccccc5)cc3)ccc-4c12. The van der Waals surface area contributed by atoms with E-state index in [9.17, 15) is 15.8 Å². The third kappa shape index (κ3) is 6.07. The number of nitrogens with one attached hydrogen (secondary N) is 1. The van der Waals surface area contributed by atoms with Crippen molar-refractivity contribution in [3.05, 3.63) is 221 Å². The van der Waals surface area contributed by atoms with Gasteiger partial charge in [-0.25, -0.2) is 0 Å². The fraction of sp³-hybridized carbons (Fsp3) is 0.0469. The number of fused-ring (bicyclic) bond motifs is 9. The summed E-state index contributed by atoms with van der Waals surface area (Å²) >= 11 is 0. The van der Waals surface area contributed by atoms with Crippen LogP contribution in [-0.4, -0.2) is 0 Å². The zero-order valence-corrected chi connectivity index (χ0v) is 37.8. The van der Waals surface area contributed by atoms with Crippen LogP contribution < -0.4 is 10.2 Å². The normalized spacial score (nSPS) is 13.3. The largest absolute Gasteiger partial charge is 0.359 e. The third-order valence-electron chi connectivity index (χ3n) is 14.5. The van der Waals surface area contributed by atoms with E-state index in [1.807, 2.05) is 49.4 Å². The Morgan fingerprint density at radius 3 is 1.61 bits per heavy atom. The molecule has 1 N–H and O–H groups in total. The van der Waals surface area contributed by atoms with Gasteiger partial charge in [0.05, 0.1) is 46.3 Å². The molecule has 1 atom stereocenters. The first-order chi connectivity index (χ1) is 33.9. The van der Waals surface area contributed by atoms with E-state index in [-0.39, 0.29) is 6.17 Å². The standard InChI is InChI=1S/C64H39N5/c1-37-27-39(34-65)15-22-45(37)53-31-59-55(48-24-17-41(36-67)29-52(48)53)30-54(46-23-16-40(35-66)28-38(46)2)58-32-56-50-12-8-11-49-47(25-26-51(63(49)50)57(56)33-60(58)59)42-18-20-44(21-19-42)69-62-14-7-6-13-61(62)68-64(69)43-9-4-3-5-10-43/h3-33,64,68H,1-2H3. The number of nitriles is 3. The van der Waals surface area contributed by atoms with Gasteiger partial charge in [0.1, 0.15) is 6.17 Å². The Bertz CT molecular complexity index is 4170. The highest BCUT2D eigenvalue weighted by Gasteiger charge is 2.31. The van der Waals surface area contributed by atoms with E-state index in [1.165, 1.54) is 44.2 Å². The molecule has 0 spiro atoms. The minimum absolute atomic E-state index is 0.0273. The lowest BCUT2D eigenvalue weighted by molar-refractivity contribution is 0.828. The zero-order valence-electron chi connectivity index (χ0n) is 37.8. The maximum Gasteiger partial charge on any atom is 0.130 e. The van der Waals surface area contributed by atoms with Crippen molar-refractivity contribution in [3.63, 3.8) is 0 Å². The van der Waals surface area contributed by atoms with Crippen LogP contribution in [-0.2, 0) is 0 Å². The fourth-order valence-corrected chi connectivity index (χ4v) is 11.3. The van der Waals surface area contributed by atoms with Crippen molar-refractivity contribution < 1.29 is 0 Å². The van der Waals surface area contributed by atoms with Gasteiger partial charge in [0.15, 0.2) is 0 Å². The zero-order chi connectivity index (χ0) is 46.5. The molecule has 1 heterocycles. The van der Waals surface area contributed by atoms with E-state index in [2.05, 4.69) is 181 Å². The molecule has 0 bridgehead atoms. The summed E-state index contributed by atoms with van der Waals surface area (Å²) < 4.78 is 0. The van der Waals surface area contributed by atoms with E-state index in [0.29, 0.717) is 16.7 Å². The van der Waals surface area contributed by atoms with Crippen LogP contribution in [0.3, 0.4) is 0 Å². The Kier molecular flexibility index (Phi) is 8.84. The minimum Gasteiger partial charge on any atom is -0.359 e. The predicted octanol–water partition coefficient (Wildman–Crippen LogP) is 16.4. The van der Waals surface area contributed by atoms with Gasteiger partial charge >= 0.3 is 0 Å². The molecular weight excluding hydrogens is 839 g/mol. The van der Waals surface area contributed by atoms with Gasteiger partial charge in [0, 0.05) is 5.69 Å². The third-order valence-corrected chi connectivity index (χ3v) is 14.5. The van der Waals surface area contributed by atoms with Crippen molar-refractivity contribution in [2.24, 2.45) is 0 Å². The minimum atomic E-state index is -0.0273. The summed E-state index contributed by atoms with van der Waals surface area (Å²) in [4.78, 5) is 2.39. The molecule has 5 nitrogen and oxygen atoms in total. The molecule has 13 rings (SSSR count). The lowest BCUT2D eigenvalue weighted by Gasteiger charge is -2.27. The number of benzene rings is 11. The predicted molar refractivity (Wildman–Crippen MR) is 282 cm³/mol. The average molecular weight is 878 g/mol. The molecule has 320 valence electrons. The van der Waals surface area contributed by atoms with Gasteiger partial charge in [-0.15, -0.1) is 0 Å². The molecule has 0 amide bonds. The van der Waals surface area contributed by atoms with Gasteiger partial charge in [-0.05, 0) is 214 Å². The molecular formula is C64H39N5. The van der Waals surface area contributed by atoms with Gasteiger partial charge in [0.2, 0.25) is 0 Å². The number of aryl methyl sites for hydroxylation is 2. The maximum atomic E-state index is 10.1. The lowest BCUT2D eigenvalue weighted by Crippen LogP contribution is -2.23. The van der Waals surface area contributed by atoms with Crippen LogP contribution in [0.15, 0.2) is 188 Å². The van der Waals surface area contributed by atoms with E-state index in [4.69, 9.17) is 0 Å². The second kappa shape index (κ2) is 15.3. The summed E-state index contributed by atoms with van der Waals surface area (Å²) in [5, 5.41) is 42.4. The molecule has 1 aliphatic heterocycles. The fourth-order valence-electron chi connectivity index (χ4n) is 11.3. The number of rotatable bonds is 5. The van der Waals surface area contributed by atoms with Crippen LogP contribution in [0.5, 0.6) is 0 Å². The molecule has 69 heavy (non-hydrogen) atoms. The molecule has 0 fully saturated rings. The van der Waals surface area contributed by atoms with Crippen LogP contribution >= 0.6 is 0 Å². The molecule has 0 saturated heterocycles. The Morgan fingerprint density at radius 2 is 0.928 bits per heavy atom. The molecule has 5 heteroatoms. The number of nitrogens with zero attached hydrogens (tertiary/aromatic N) is 4. The van der Waals surface area contributed by atoms with Crippen molar-refractivity contribution in [2.75, 3.05) is 10.2 Å². The topological polar surface area (TPSA) is 86.6 Å². The molecule has 1 aliphatic carbocycles. The van der Waals surface area contributed by atoms with Crippen LogP contribution in [0.4, 0.5) is 17.1 Å². The van der Waals surface area contributed by atoms with Crippen molar-refractivity contribution >= 4 is 60.2 Å². The second-order valence-electron chi connectivity index (χ2n) is 18.3. The highest BCUT2D eigenvalue weighted by atomic mass is 15.3. The summed E-state index contributed by atoms with van der Waals surface area (Å²) in [6.45, 7) is 4.13. The Labute approximate surface area is 399 Å². The first kappa shape index (κ1) is 39.9. The highest BCUT2D eigenvalue weighted by Crippen LogP contribution is 2.54. The summed E-state index contributed by atoms with van der Waals surface area (Å²) in [5.41, 5.74) is 19.8. The Balaban J connectivity index is 1.01. The van der Waals surface area contributed by atoms with E-state index < -0.39 is 0 Å². The highest BCUT2D eigenvalue weighted by molar-refractivity contribution is 6.27. The molecule has 0 aromatic heterocycles. The van der Waals surface area contributed by atoms with E-state index in [1.54, 1.807) is 0 Å². The monoisotopic (exact) mass is 877 g/mol. The van der Waals surface area contributed by atoms with Crippen LogP contribution in [0.1, 0.15) is 39.5 Å². The smallest absolute Gasteiger partial charge is 0.130 e. The summed E-state index contributed by atoms with van der Waals surface area (Å²) in [6, 6.07) is 73.6. The quantitative estimate of drug-likeness (QED) is 0.174. The van der Waals surface area contributed by atoms with Gasteiger partial charge in [-0.3, -0.25) is 0 Å². The molecule has 1 unspecified atom stereocenters. The number of hydrogen-bond donors (Lipinski definition) is 1. The Hall–Kier alpha value is -9.47. The molecule has 11 aromatic carbocycles. The van der Waals surface area contributed by atoms with Gasteiger partial charge < -0.3 is 10.2 Å². The Morgan fingerprint density at radius 1 is 0.391 bits per heavy atom. The van der Waals surface area contributed by atoms with Crippen molar-refractivity contribution in [1.29, 1.82) is 15.8 Å². The van der Waals surface area contributed by atoms with Crippen molar-refractivity contribution in [1.82, 2.24) is 0 Å². The summed E-state index contributed by atoms with van der Waals surface area (Å²) in [5.74, 6) is 0. The van der Waals surface area contributed by atoms with Crippen LogP contribution in [0, 0.1) is 47.8 Å². The lowest BCUT2D eigenvalue weighted by atomic mass is 9.84. The number of hydrogen-bond acceptors (Lipinski definition) is 5. The molecule has 11 aromatic rings. The van der Waals surface area contributed by atoms with Crippen LogP contribution in [0.2, 0.25) is 0 Å². The average Bonchev–Trinajstić information content (AvgIpc) is 3.94. The maximum absolute atomic E-state index is 10.1. The van der Waals surface area contributed by atoms with Gasteiger partial charge in [-0.2, -0.15) is 15.8 Å². The van der Waals surface area contributed by atoms with Gasteiger partial charge in [0.25, 0.3) is 0 Å². The molecule has 0 radical (unpaired) electrons. The first-order valence-corrected chi connectivity index (χ1v) is 23.2. The van der Waals surface area contributed by atoms with Crippen molar-refractivity contribution in [3.8, 4) is 73.8 Å². The summed E-state index contributed by atoms with van der Waals surface area (Å²) in [6.07, 6.45) is -0.0273. The number of anilines is 3. The molecule has 0 saturated carbocycles.